The predicted molar refractivity (Wildman–Crippen MR) is 239 cm³/mol. The monoisotopic (exact) mass is 855 g/mol. The second-order valence-electron chi connectivity index (χ2n) is 17.8. The first-order valence-electron chi connectivity index (χ1n) is 22.1. The van der Waals surface area contributed by atoms with Crippen molar-refractivity contribution in [3.05, 3.63) is 45.4 Å². The summed E-state index contributed by atoms with van der Waals surface area (Å²) in [5, 5.41) is 21.4. The van der Waals surface area contributed by atoms with E-state index in [0.717, 1.165) is 68.3 Å². The fraction of sp³-hybridized carbons (Fsp3) is 0.696. The van der Waals surface area contributed by atoms with Crippen molar-refractivity contribution in [1.82, 2.24) is 25.4 Å². The fourth-order valence-corrected chi connectivity index (χ4v) is 8.91. The molecule has 4 N–H and O–H groups in total. The van der Waals surface area contributed by atoms with Crippen LogP contribution in [0.5, 0.6) is 0 Å². The zero-order valence-corrected chi connectivity index (χ0v) is 39.0. The van der Waals surface area contributed by atoms with Crippen LogP contribution < -0.4 is 16.0 Å². The van der Waals surface area contributed by atoms with Crippen molar-refractivity contribution < 1.29 is 33.8 Å². The number of nitrogens with zero attached hydrogens (tertiary/aromatic N) is 3. The van der Waals surface area contributed by atoms with Crippen LogP contribution in [0.25, 0.3) is 0 Å². The van der Waals surface area contributed by atoms with Gasteiger partial charge in [0.25, 0.3) is 5.91 Å². The molecule has 1 aliphatic rings. The molecule has 0 aliphatic carbocycles. The van der Waals surface area contributed by atoms with Crippen molar-refractivity contribution in [2.45, 2.75) is 163 Å². The Labute approximate surface area is 363 Å². The number of hydrogen-bond acceptors (Lipinski definition) is 10. The molecule has 0 bridgehead atoms. The Hall–Kier alpha value is -4.04. The molecule has 1 aromatic heterocycles. The summed E-state index contributed by atoms with van der Waals surface area (Å²) in [6.45, 7) is 18.2. The van der Waals surface area contributed by atoms with Crippen LogP contribution in [0.2, 0.25) is 0 Å². The molecule has 3 rings (SSSR count). The number of amides is 3. The maximum Gasteiger partial charge on any atom is 0.309 e. The van der Waals surface area contributed by atoms with Gasteiger partial charge in [0.2, 0.25) is 11.8 Å². The van der Waals surface area contributed by atoms with Gasteiger partial charge in [0.1, 0.15) is 16.7 Å². The number of esters is 1. The van der Waals surface area contributed by atoms with Gasteiger partial charge in [0.15, 0.2) is 6.10 Å². The number of aliphatic carboxylic acids is 1. The lowest BCUT2D eigenvalue weighted by Crippen LogP contribution is -2.59. The van der Waals surface area contributed by atoms with E-state index in [1.165, 1.54) is 18.3 Å². The highest BCUT2D eigenvalue weighted by Gasteiger charge is 2.39. The summed E-state index contributed by atoms with van der Waals surface area (Å²) in [4.78, 5) is 76.1. The average Bonchev–Trinajstić information content (AvgIpc) is 3.69. The number of likely N-dealkylation sites (N-methyl/N-ethyl adjacent to an activating group) is 1. The highest BCUT2D eigenvalue weighted by Crippen LogP contribution is 2.33. The summed E-state index contributed by atoms with van der Waals surface area (Å²) in [6, 6.07) is 4.05. The fourth-order valence-electron chi connectivity index (χ4n) is 8.07. The van der Waals surface area contributed by atoms with Gasteiger partial charge in [-0.2, -0.15) is 0 Å². The first kappa shape index (κ1) is 50.3. The van der Waals surface area contributed by atoms with Crippen LogP contribution in [0.3, 0.4) is 0 Å². The van der Waals surface area contributed by atoms with Gasteiger partial charge in [-0.1, -0.05) is 78.9 Å². The molecule has 1 aromatic carbocycles. The molecule has 2 heterocycles. The third kappa shape index (κ3) is 14.6. The van der Waals surface area contributed by atoms with Crippen molar-refractivity contribution in [2.24, 2.45) is 17.3 Å². The van der Waals surface area contributed by atoms with Crippen molar-refractivity contribution >= 4 is 46.7 Å². The minimum atomic E-state index is -1.11. The Bertz CT molecular complexity index is 1730. The molecular weight excluding hydrogens is 781 g/mol. The molecule has 336 valence electrons. The van der Waals surface area contributed by atoms with Gasteiger partial charge in [-0.05, 0) is 95.5 Å². The molecule has 0 radical (unpaired) electrons. The van der Waals surface area contributed by atoms with Crippen LogP contribution in [-0.4, -0.2) is 101 Å². The molecule has 2 aromatic rings. The molecule has 3 amide bonds. The number of anilines is 1. The number of thiazole rings is 1. The molecule has 1 saturated heterocycles. The second-order valence-corrected chi connectivity index (χ2v) is 18.7. The molecule has 1 fully saturated rings. The standard InChI is InChI=1S/C46H74N6O7S/c1-12-14-15-17-23-52(44(56)40(30(5)13-2)50-42(55)37-19-16-18-22-51(37)11)38(29(3)4)26-39(59-32(7)53)43-49-36(28-60-43)41(54)48-34(27-46(8,9)45(57)58)24-33-21-20-31(6)35(25-33)47-10/h20-21,25,28-30,34,37-40,47H,12-19,22-24,26-27H2,1-11H3,(H,48,54)(H,50,55)(H,57,58)/t30-,34-,37+,38+,39+,40-/m0/s1. The lowest BCUT2D eigenvalue weighted by Gasteiger charge is -2.40. The summed E-state index contributed by atoms with van der Waals surface area (Å²) in [7, 11) is 3.81. The van der Waals surface area contributed by atoms with E-state index in [1.54, 1.807) is 19.2 Å². The molecule has 60 heavy (non-hydrogen) atoms. The van der Waals surface area contributed by atoms with Gasteiger partial charge in [0, 0.05) is 50.1 Å². The van der Waals surface area contributed by atoms with Crippen molar-refractivity contribution in [1.29, 1.82) is 0 Å². The van der Waals surface area contributed by atoms with Crippen LogP contribution in [0.1, 0.15) is 152 Å². The van der Waals surface area contributed by atoms with Gasteiger partial charge < -0.3 is 30.7 Å². The summed E-state index contributed by atoms with van der Waals surface area (Å²) < 4.78 is 5.94. The third-order valence-electron chi connectivity index (χ3n) is 12.1. The highest BCUT2D eigenvalue weighted by molar-refractivity contribution is 7.09. The van der Waals surface area contributed by atoms with E-state index in [4.69, 9.17) is 9.72 Å². The number of carboxylic acid groups (broad SMARTS) is 1. The molecule has 6 atom stereocenters. The summed E-state index contributed by atoms with van der Waals surface area (Å²) in [5.74, 6) is -2.37. The molecule has 13 nitrogen and oxygen atoms in total. The number of aryl methyl sites for hydroxylation is 1. The average molecular weight is 855 g/mol. The summed E-state index contributed by atoms with van der Waals surface area (Å²) in [6.07, 6.45) is 7.24. The van der Waals surface area contributed by atoms with Crippen LogP contribution in [0, 0.1) is 24.2 Å². The number of carbonyl (C=O) groups excluding carboxylic acids is 4. The lowest BCUT2D eigenvalue weighted by molar-refractivity contribution is -0.150. The number of benzene rings is 1. The van der Waals surface area contributed by atoms with Gasteiger partial charge in [-0.3, -0.25) is 28.9 Å². The highest BCUT2D eigenvalue weighted by atomic mass is 32.1. The lowest BCUT2D eigenvalue weighted by atomic mass is 9.83. The van der Waals surface area contributed by atoms with E-state index < -0.39 is 41.4 Å². The van der Waals surface area contributed by atoms with Gasteiger partial charge in [0.05, 0.1) is 11.5 Å². The van der Waals surface area contributed by atoms with E-state index >= 15 is 0 Å². The van der Waals surface area contributed by atoms with E-state index in [9.17, 15) is 29.1 Å². The van der Waals surface area contributed by atoms with E-state index in [1.807, 2.05) is 71.8 Å². The number of aromatic nitrogens is 1. The minimum absolute atomic E-state index is 0.0535. The van der Waals surface area contributed by atoms with Crippen LogP contribution in [0.15, 0.2) is 23.6 Å². The Morgan fingerprint density at radius 3 is 2.38 bits per heavy atom. The number of hydrogen-bond donors (Lipinski definition) is 4. The third-order valence-corrected chi connectivity index (χ3v) is 13.0. The predicted octanol–water partition coefficient (Wildman–Crippen LogP) is 7.78. The first-order valence-corrected chi connectivity index (χ1v) is 23.0. The Balaban J connectivity index is 1.95. The quantitative estimate of drug-likeness (QED) is 0.0604. The van der Waals surface area contributed by atoms with Crippen molar-refractivity contribution in [2.75, 3.05) is 32.5 Å². The number of unbranched alkanes of at least 4 members (excludes halogenated alkanes) is 3. The van der Waals surface area contributed by atoms with E-state index in [0.29, 0.717) is 24.4 Å². The normalized spacial score (nSPS) is 17.2. The number of rotatable bonds is 24. The van der Waals surface area contributed by atoms with E-state index in [-0.39, 0.29) is 54.3 Å². The SMILES string of the molecule is CCCCCCN(C(=O)[C@@H](NC(=O)[C@H]1CCCCN1C)[C@@H](C)CC)[C@H](C[C@@H](OC(C)=O)c1nc(C(=O)N[C@@H](Cc2ccc(C)c(NC)c2)CC(C)(C)C(=O)O)cs1)C(C)C. The molecule has 0 spiro atoms. The van der Waals surface area contributed by atoms with Gasteiger partial charge in [-0.15, -0.1) is 11.3 Å². The first-order chi connectivity index (χ1) is 28.3. The van der Waals surface area contributed by atoms with Crippen LogP contribution >= 0.6 is 11.3 Å². The van der Waals surface area contributed by atoms with E-state index in [2.05, 4.69) is 27.8 Å². The maximum atomic E-state index is 14.9. The largest absolute Gasteiger partial charge is 0.481 e. The molecular formula is C46H74N6O7S. The Kier molecular flexibility index (Phi) is 20.0. The topological polar surface area (TPSA) is 170 Å². The molecule has 0 unspecified atom stereocenters. The van der Waals surface area contributed by atoms with Gasteiger partial charge in [-0.25, -0.2) is 4.98 Å². The Morgan fingerprint density at radius 1 is 1.07 bits per heavy atom. The second kappa shape index (κ2) is 23.8. The number of carbonyl (C=O) groups is 5. The molecule has 1 aliphatic heterocycles. The zero-order valence-electron chi connectivity index (χ0n) is 38.2. The van der Waals surface area contributed by atoms with Gasteiger partial charge >= 0.3 is 11.9 Å². The number of likely N-dealkylation sites (tertiary alicyclic amines) is 1. The minimum Gasteiger partial charge on any atom is -0.481 e. The number of piperidine rings is 1. The van der Waals surface area contributed by atoms with Crippen LogP contribution in [-0.2, 0) is 30.3 Å². The number of nitrogens with one attached hydrogen (secondary N) is 3. The van der Waals surface area contributed by atoms with Crippen LogP contribution in [0.4, 0.5) is 5.69 Å². The Morgan fingerprint density at radius 2 is 1.78 bits per heavy atom. The van der Waals surface area contributed by atoms with Crippen molar-refractivity contribution in [3.8, 4) is 0 Å². The summed E-state index contributed by atoms with van der Waals surface area (Å²) in [5.41, 5.74) is 1.97. The van der Waals surface area contributed by atoms with Crippen molar-refractivity contribution in [3.63, 3.8) is 0 Å². The summed E-state index contributed by atoms with van der Waals surface area (Å²) >= 11 is 1.20. The maximum absolute atomic E-state index is 14.9. The number of carboxylic acids is 1. The number of ether oxygens (including phenoxy) is 1. The molecule has 14 heteroatoms. The molecule has 0 saturated carbocycles. The smallest absolute Gasteiger partial charge is 0.309 e. The zero-order chi connectivity index (χ0) is 44.7.